The average molecular weight is 529 g/mol. The zero-order valence-electron chi connectivity index (χ0n) is 17.4. The molecule has 1 saturated carbocycles. The van der Waals surface area contributed by atoms with Gasteiger partial charge in [-0.05, 0) is 31.6 Å². The minimum Gasteiger partial charge on any atom is -0.385 e. The number of hydrogen-bond donors (Lipinski definition) is 2. The third-order valence-corrected chi connectivity index (χ3v) is 6.30. The van der Waals surface area contributed by atoms with E-state index >= 15 is 0 Å². The first-order chi connectivity index (χ1) is 13.7. The van der Waals surface area contributed by atoms with Gasteiger partial charge in [-0.25, -0.2) is 9.98 Å². The lowest BCUT2D eigenvalue weighted by molar-refractivity contribution is 0.138. The predicted octanol–water partition coefficient (Wildman–Crippen LogP) is 5.08. The molecule has 7 heteroatoms. The highest BCUT2D eigenvalue weighted by atomic mass is 127. The van der Waals surface area contributed by atoms with Gasteiger partial charge < -0.3 is 15.4 Å². The molecule has 160 valence electrons. The van der Waals surface area contributed by atoms with Gasteiger partial charge in [0, 0.05) is 37.7 Å². The molecule has 1 aromatic heterocycles. The molecule has 0 saturated heterocycles. The Hall–Kier alpha value is -1.19. The standard InChI is InChI=1S/C22H32N4OS.HI/c1-3-23-21(25-17-22(13-14-27-2)11-7-8-12-22)24-15-20-26-19(16-28-20)18-9-5-4-6-10-18;/h4-6,9-10,16H,3,7-8,11-15,17H2,1-2H3,(H2,23,24,25);1H. The van der Waals surface area contributed by atoms with Crippen LogP contribution in [-0.4, -0.2) is 37.7 Å². The number of guanidine groups is 1. The molecule has 1 aliphatic carbocycles. The molecule has 1 heterocycles. The smallest absolute Gasteiger partial charge is 0.191 e. The molecule has 29 heavy (non-hydrogen) atoms. The fraction of sp³-hybridized carbons (Fsp3) is 0.545. The first-order valence-corrected chi connectivity index (χ1v) is 11.1. The summed E-state index contributed by atoms with van der Waals surface area (Å²) in [6.07, 6.45) is 6.30. The van der Waals surface area contributed by atoms with Crippen LogP contribution in [0.2, 0.25) is 0 Å². The van der Waals surface area contributed by atoms with E-state index in [-0.39, 0.29) is 24.0 Å². The van der Waals surface area contributed by atoms with E-state index in [0.717, 1.165) is 48.3 Å². The van der Waals surface area contributed by atoms with Gasteiger partial charge in [-0.1, -0.05) is 43.2 Å². The van der Waals surface area contributed by atoms with Gasteiger partial charge in [0.2, 0.25) is 0 Å². The quantitative estimate of drug-likeness (QED) is 0.271. The zero-order chi connectivity index (χ0) is 19.7. The van der Waals surface area contributed by atoms with Crippen molar-refractivity contribution in [2.45, 2.75) is 45.6 Å². The van der Waals surface area contributed by atoms with Gasteiger partial charge in [0.1, 0.15) is 5.01 Å². The lowest BCUT2D eigenvalue weighted by atomic mass is 9.83. The van der Waals surface area contributed by atoms with Crippen molar-refractivity contribution in [3.05, 3.63) is 40.7 Å². The summed E-state index contributed by atoms with van der Waals surface area (Å²) >= 11 is 1.67. The molecular weight excluding hydrogens is 495 g/mol. The zero-order valence-corrected chi connectivity index (χ0v) is 20.6. The maximum Gasteiger partial charge on any atom is 0.191 e. The van der Waals surface area contributed by atoms with E-state index < -0.39 is 0 Å². The van der Waals surface area contributed by atoms with Crippen molar-refractivity contribution < 1.29 is 4.74 Å². The molecular formula is C22H33IN4OS. The van der Waals surface area contributed by atoms with Crippen LogP contribution in [0.4, 0.5) is 0 Å². The van der Waals surface area contributed by atoms with Crippen molar-refractivity contribution in [1.82, 2.24) is 15.6 Å². The number of aliphatic imine (C=N–C) groups is 1. The normalized spacial score (nSPS) is 15.7. The van der Waals surface area contributed by atoms with Crippen LogP contribution in [0.5, 0.6) is 0 Å². The monoisotopic (exact) mass is 528 g/mol. The molecule has 0 radical (unpaired) electrons. The molecule has 1 fully saturated rings. The van der Waals surface area contributed by atoms with E-state index in [9.17, 15) is 0 Å². The summed E-state index contributed by atoms with van der Waals surface area (Å²) in [5, 5.41) is 10.1. The summed E-state index contributed by atoms with van der Waals surface area (Å²) in [6.45, 7) is 5.33. The van der Waals surface area contributed by atoms with Crippen LogP contribution in [0.25, 0.3) is 11.3 Å². The first-order valence-electron chi connectivity index (χ1n) is 10.3. The van der Waals surface area contributed by atoms with Crippen molar-refractivity contribution >= 4 is 41.3 Å². The highest BCUT2D eigenvalue weighted by Gasteiger charge is 2.33. The van der Waals surface area contributed by atoms with Gasteiger partial charge in [-0.2, -0.15) is 0 Å². The summed E-state index contributed by atoms with van der Waals surface area (Å²) in [5.74, 6) is 0.877. The second-order valence-electron chi connectivity index (χ2n) is 7.49. The maximum absolute atomic E-state index is 5.35. The van der Waals surface area contributed by atoms with Crippen LogP contribution >= 0.6 is 35.3 Å². The SMILES string of the molecule is CCNC(=NCc1nc(-c2ccccc2)cs1)NCC1(CCOC)CCCC1.I. The molecule has 2 N–H and O–H groups in total. The van der Waals surface area contributed by atoms with Crippen molar-refractivity contribution in [3.8, 4) is 11.3 Å². The number of aromatic nitrogens is 1. The van der Waals surface area contributed by atoms with Crippen molar-refractivity contribution in [2.75, 3.05) is 26.8 Å². The van der Waals surface area contributed by atoms with Crippen molar-refractivity contribution in [2.24, 2.45) is 10.4 Å². The first kappa shape index (κ1) is 24.1. The van der Waals surface area contributed by atoms with Gasteiger partial charge in [-0.15, -0.1) is 35.3 Å². The highest BCUT2D eigenvalue weighted by Crippen LogP contribution is 2.40. The molecule has 0 unspecified atom stereocenters. The van der Waals surface area contributed by atoms with E-state index in [1.807, 2.05) is 18.2 Å². The number of rotatable bonds is 9. The van der Waals surface area contributed by atoms with Crippen LogP contribution in [0, 0.1) is 5.41 Å². The van der Waals surface area contributed by atoms with Crippen molar-refractivity contribution in [1.29, 1.82) is 0 Å². The maximum atomic E-state index is 5.35. The predicted molar refractivity (Wildman–Crippen MR) is 133 cm³/mol. The van der Waals surface area contributed by atoms with Gasteiger partial charge in [-0.3, -0.25) is 0 Å². The fourth-order valence-electron chi connectivity index (χ4n) is 3.84. The van der Waals surface area contributed by atoms with Crippen molar-refractivity contribution in [3.63, 3.8) is 0 Å². The average Bonchev–Trinajstić information content (AvgIpc) is 3.40. The largest absolute Gasteiger partial charge is 0.385 e. The summed E-state index contributed by atoms with van der Waals surface area (Å²) in [5.41, 5.74) is 2.52. The molecule has 0 bridgehead atoms. The fourth-order valence-corrected chi connectivity index (χ4v) is 4.57. The number of benzene rings is 1. The Bertz CT molecular complexity index is 744. The highest BCUT2D eigenvalue weighted by molar-refractivity contribution is 14.0. The molecule has 0 aliphatic heterocycles. The van der Waals surface area contributed by atoms with Gasteiger partial charge >= 0.3 is 0 Å². The van der Waals surface area contributed by atoms with Gasteiger partial charge in [0.15, 0.2) is 5.96 Å². The Kier molecular flexibility index (Phi) is 10.4. The van der Waals surface area contributed by atoms with Crippen LogP contribution in [0.1, 0.15) is 44.0 Å². The van der Waals surface area contributed by atoms with Gasteiger partial charge in [0.05, 0.1) is 12.2 Å². The molecule has 0 amide bonds. The molecule has 5 nitrogen and oxygen atoms in total. The minimum absolute atomic E-state index is 0. The van der Waals surface area contributed by atoms with E-state index in [0.29, 0.717) is 12.0 Å². The molecule has 3 rings (SSSR count). The molecule has 1 aliphatic rings. The summed E-state index contributed by atoms with van der Waals surface area (Å²) in [7, 11) is 1.79. The number of methoxy groups -OCH3 is 1. The molecule has 1 aromatic carbocycles. The number of hydrogen-bond acceptors (Lipinski definition) is 4. The van der Waals surface area contributed by atoms with E-state index in [4.69, 9.17) is 14.7 Å². The third kappa shape index (κ3) is 7.22. The number of thiazole rings is 1. The summed E-state index contributed by atoms with van der Waals surface area (Å²) in [6, 6.07) is 10.3. The second-order valence-corrected chi connectivity index (χ2v) is 8.43. The van der Waals surface area contributed by atoms with E-state index in [2.05, 4.69) is 35.1 Å². The van der Waals surface area contributed by atoms with Crippen LogP contribution in [-0.2, 0) is 11.3 Å². The lowest BCUT2D eigenvalue weighted by Gasteiger charge is -2.29. The lowest BCUT2D eigenvalue weighted by Crippen LogP contribution is -2.43. The Balaban J connectivity index is 0.00000300. The number of ether oxygens (including phenoxy) is 1. The Labute approximate surface area is 195 Å². The summed E-state index contributed by atoms with van der Waals surface area (Å²) in [4.78, 5) is 9.52. The number of nitrogens with one attached hydrogen (secondary N) is 2. The Morgan fingerprint density at radius 3 is 2.66 bits per heavy atom. The second kappa shape index (κ2) is 12.5. The van der Waals surface area contributed by atoms with E-state index in [1.54, 1.807) is 18.4 Å². The van der Waals surface area contributed by atoms with E-state index in [1.165, 1.54) is 25.7 Å². The minimum atomic E-state index is 0. The summed E-state index contributed by atoms with van der Waals surface area (Å²) < 4.78 is 5.35. The molecule has 0 spiro atoms. The Morgan fingerprint density at radius 1 is 1.21 bits per heavy atom. The third-order valence-electron chi connectivity index (χ3n) is 5.47. The van der Waals surface area contributed by atoms with Crippen LogP contribution < -0.4 is 10.6 Å². The number of halogens is 1. The Morgan fingerprint density at radius 2 is 1.97 bits per heavy atom. The molecule has 0 atom stereocenters. The topological polar surface area (TPSA) is 58.5 Å². The molecule has 2 aromatic rings. The van der Waals surface area contributed by atoms with Crippen LogP contribution in [0.3, 0.4) is 0 Å². The van der Waals surface area contributed by atoms with Crippen LogP contribution in [0.15, 0.2) is 40.7 Å². The van der Waals surface area contributed by atoms with Gasteiger partial charge in [0.25, 0.3) is 0 Å². The number of nitrogens with zero attached hydrogens (tertiary/aromatic N) is 2.